The largest absolute Gasteiger partial charge is 0.359 e. The predicted octanol–water partition coefficient (Wildman–Crippen LogP) is 2.02. The van der Waals surface area contributed by atoms with Crippen LogP contribution in [0, 0.1) is 10.1 Å². The Morgan fingerprint density at radius 1 is 1.25 bits per heavy atom. The smallest absolute Gasteiger partial charge is 0.234 e. The van der Waals surface area contributed by atoms with Crippen LogP contribution in [-0.2, 0) is 0 Å². The van der Waals surface area contributed by atoms with Crippen molar-refractivity contribution in [3.63, 3.8) is 0 Å². The molecule has 20 heavy (non-hydrogen) atoms. The van der Waals surface area contributed by atoms with Gasteiger partial charge in [-0.3, -0.25) is 10.1 Å². The zero-order chi connectivity index (χ0) is 14.1. The quantitative estimate of drug-likeness (QED) is 0.550. The Labute approximate surface area is 114 Å². The Kier molecular flexibility index (Phi) is 2.87. The van der Waals surface area contributed by atoms with Gasteiger partial charge in [-0.15, -0.1) is 0 Å². The molecule has 0 unspecified atom stereocenters. The maximum atomic E-state index is 10.3. The Morgan fingerprint density at radius 2 is 2.10 bits per heavy atom. The molecule has 0 amide bonds. The molecule has 5 nitrogen and oxygen atoms in total. The fourth-order valence-corrected chi connectivity index (χ4v) is 2.48. The van der Waals surface area contributed by atoms with Gasteiger partial charge in [0.25, 0.3) is 0 Å². The molecule has 0 spiro atoms. The lowest BCUT2D eigenvalue weighted by Crippen LogP contribution is -2.21. The zero-order valence-electron chi connectivity index (χ0n) is 10.9. The van der Waals surface area contributed by atoms with Gasteiger partial charge in [-0.05, 0) is 19.1 Å². The van der Waals surface area contributed by atoms with Crippen molar-refractivity contribution in [2.75, 3.05) is 0 Å². The minimum absolute atomic E-state index is 0.475. The first-order chi connectivity index (χ1) is 9.70. The third-order valence-corrected chi connectivity index (χ3v) is 3.33. The van der Waals surface area contributed by atoms with Crippen LogP contribution in [0.4, 0.5) is 0 Å². The van der Waals surface area contributed by atoms with E-state index in [0.29, 0.717) is 0 Å². The van der Waals surface area contributed by atoms with Crippen LogP contribution in [-0.4, -0.2) is 14.9 Å². The van der Waals surface area contributed by atoms with Crippen molar-refractivity contribution in [3.05, 3.63) is 57.4 Å². The topological polar surface area (TPSA) is 74.7 Å². The average Bonchev–Trinajstić information content (AvgIpc) is 3.00. The lowest BCUT2D eigenvalue weighted by atomic mass is 10.1. The van der Waals surface area contributed by atoms with E-state index in [0.717, 1.165) is 38.6 Å². The second-order valence-electron chi connectivity index (χ2n) is 4.46. The molecule has 0 bridgehead atoms. The Morgan fingerprint density at radius 3 is 2.85 bits per heavy atom. The first-order valence-corrected chi connectivity index (χ1v) is 6.27. The maximum absolute atomic E-state index is 10.3. The van der Waals surface area contributed by atoms with Crippen molar-refractivity contribution >= 4 is 34.0 Å². The molecule has 0 aliphatic heterocycles. The number of hydrogen-bond donors (Lipinski definition) is 2. The van der Waals surface area contributed by atoms with E-state index in [2.05, 4.69) is 22.1 Å². The number of nitrogens with zero attached hydrogens (tertiary/aromatic N) is 1. The van der Waals surface area contributed by atoms with Gasteiger partial charge in [0, 0.05) is 33.6 Å². The molecule has 2 N–H and O–H groups in total. The highest BCUT2D eigenvalue weighted by Crippen LogP contribution is 2.19. The summed E-state index contributed by atoms with van der Waals surface area (Å²) < 4.78 is 0. The molecule has 0 atom stereocenters. The summed E-state index contributed by atoms with van der Waals surface area (Å²) in [6.07, 6.45) is 7.97. The number of aromatic nitrogens is 2. The van der Waals surface area contributed by atoms with Gasteiger partial charge in [0.15, 0.2) is 0 Å². The van der Waals surface area contributed by atoms with E-state index in [9.17, 15) is 10.1 Å². The highest BCUT2D eigenvalue weighted by molar-refractivity contribution is 6.03. The summed E-state index contributed by atoms with van der Waals surface area (Å²) in [7, 11) is 0. The lowest BCUT2D eigenvalue weighted by Gasteiger charge is -1.92. The van der Waals surface area contributed by atoms with E-state index in [1.165, 1.54) is 6.08 Å². The fourth-order valence-electron chi connectivity index (χ4n) is 2.48. The first-order valence-electron chi connectivity index (χ1n) is 6.27. The summed E-state index contributed by atoms with van der Waals surface area (Å²) in [5.74, 6) is 0. The summed E-state index contributed by atoms with van der Waals surface area (Å²) in [6.45, 7) is 1.95. The van der Waals surface area contributed by atoms with E-state index in [1.54, 1.807) is 6.08 Å². The third-order valence-electron chi connectivity index (χ3n) is 3.33. The molecule has 3 aromatic rings. The van der Waals surface area contributed by atoms with Crippen molar-refractivity contribution in [2.24, 2.45) is 0 Å². The number of aromatic amines is 2. The molecule has 0 saturated carbocycles. The molecule has 0 aliphatic carbocycles. The number of nitro groups is 1. The molecular weight excluding hydrogens is 254 g/mol. The number of fused-ring (bicyclic) bond motifs is 3. The Hall–Kier alpha value is -2.82. The molecule has 3 rings (SSSR count). The predicted molar refractivity (Wildman–Crippen MR) is 80.1 cm³/mol. The normalized spacial score (nSPS) is 14.1. The van der Waals surface area contributed by atoms with Gasteiger partial charge in [-0.1, -0.05) is 18.2 Å². The van der Waals surface area contributed by atoms with E-state index in [-0.39, 0.29) is 0 Å². The SMILES string of the molecule is C\C=c1/c(=C\C=C\[N+](=O)[O-])[nH]c2c1ccc1cc[nH]c12. The maximum Gasteiger partial charge on any atom is 0.234 e. The van der Waals surface area contributed by atoms with Crippen molar-refractivity contribution in [2.45, 2.75) is 6.92 Å². The van der Waals surface area contributed by atoms with Crippen molar-refractivity contribution in [1.82, 2.24) is 9.97 Å². The van der Waals surface area contributed by atoms with Gasteiger partial charge >= 0.3 is 0 Å². The molecule has 0 radical (unpaired) electrons. The second kappa shape index (κ2) is 4.70. The van der Waals surface area contributed by atoms with E-state index in [4.69, 9.17) is 0 Å². The highest BCUT2D eigenvalue weighted by atomic mass is 16.6. The molecule has 2 heterocycles. The van der Waals surface area contributed by atoms with Crippen LogP contribution in [0.3, 0.4) is 0 Å². The Balaban J connectivity index is 2.36. The van der Waals surface area contributed by atoms with Crippen molar-refractivity contribution < 1.29 is 4.92 Å². The lowest BCUT2D eigenvalue weighted by molar-refractivity contribution is -0.402. The minimum atomic E-state index is -0.475. The summed E-state index contributed by atoms with van der Waals surface area (Å²) in [6, 6.07) is 6.14. The summed E-state index contributed by atoms with van der Waals surface area (Å²) >= 11 is 0. The molecule has 5 heteroatoms. The van der Waals surface area contributed by atoms with E-state index in [1.807, 2.05) is 25.3 Å². The molecule has 2 aromatic heterocycles. The van der Waals surface area contributed by atoms with Crippen LogP contribution in [0.2, 0.25) is 0 Å². The minimum Gasteiger partial charge on any atom is -0.359 e. The van der Waals surface area contributed by atoms with Crippen LogP contribution < -0.4 is 10.6 Å². The average molecular weight is 267 g/mol. The monoisotopic (exact) mass is 267 g/mol. The van der Waals surface area contributed by atoms with Crippen LogP contribution in [0.1, 0.15) is 6.92 Å². The molecule has 1 aromatic carbocycles. The number of nitrogens with one attached hydrogen (secondary N) is 2. The Bertz CT molecular complexity index is 945. The van der Waals surface area contributed by atoms with Gasteiger partial charge in [-0.25, -0.2) is 0 Å². The number of hydrogen-bond acceptors (Lipinski definition) is 2. The van der Waals surface area contributed by atoms with Crippen molar-refractivity contribution in [3.8, 4) is 0 Å². The number of benzene rings is 1. The molecule has 0 aliphatic rings. The van der Waals surface area contributed by atoms with Gasteiger partial charge in [0.2, 0.25) is 6.20 Å². The van der Waals surface area contributed by atoms with Gasteiger partial charge in [0.05, 0.1) is 16.0 Å². The summed E-state index contributed by atoms with van der Waals surface area (Å²) in [4.78, 5) is 16.4. The third kappa shape index (κ3) is 1.89. The van der Waals surface area contributed by atoms with Crippen LogP contribution >= 0.6 is 0 Å². The number of allylic oxidation sites excluding steroid dienone is 1. The van der Waals surface area contributed by atoms with Gasteiger partial charge in [0.1, 0.15) is 0 Å². The van der Waals surface area contributed by atoms with Crippen LogP contribution in [0.5, 0.6) is 0 Å². The summed E-state index contributed by atoms with van der Waals surface area (Å²) in [5.41, 5.74) is 2.06. The highest BCUT2D eigenvalue weighted by Gasteiger charge is 2.04. The van der Waals surface area contributed by atoms with E-state index >= 15 is 0 Å². The molecule has 0 fully saturated rings. The number of rotatable bonds is 2. The molecule has 0 saturated heterocycles. The standard InChI is InChI=1S/C15H13N3O2/c1-2-11-12-6-5-10-7-8-16-14(10)15(12)17-13(11)4-3-9-18(19)20/h2-9,16-17H,1H3/b9-3+,11-2-,13-4+. The molecule has 100 valence electrons. The van der Waals surface area contributed by atoms with Crippen molar-refractivity contribution in [1.29, 1.82) is 0 Å². The summed E-state index contributed by atoms with van der Waals surface area (Å²) in [5, 5.41) is 14.5. The first kappa shape index (κ1) is 12.2. The second-order valence-corrected chi connectivity index (χ2v) is 4.46. The van der Waals surface area contributed by atoms with Gasteiger partial charge < -0.3 is 9.97 Å². The van der Waals surface area contributed by atoms with Crippen LogP contribution in [0.15, 0.2) is 36.7 Å². The van der Waals surface area contributed by atoms with Gasteiger partial charge in [-0.2, -0.15) is 0 Å². The van der Waals surface area contributed by atoms with E-state index < -0.39 is 4.92 Å². The molecular formula is C15H13N3O2. The zero-order valence-corrected chi connectivity index (χ0v) is 10.9. The van der Waals surface area contributed by atoms with Crippen LogP contribution in [0.25, 0.3) is 34.0 Å². The fraction of sp³-hybridized carbons (Fsp3) is 0.0667. The number of H-pyrrole nitrogens is 2.